The Morgan fingerprint density at radius 2 is 1.00 bits per heavy atom. The van der Waals surface area contributed by atoms with Crippen LogP contribution in [-0.2, 0) is 16.2 Å². The molecule has 1 aliphatic heterocycles. The summed E-state index contributed by atoms with van der Waals surface area (Å²) in [4.78, 5) is 10.5. The maximum absolute atomic E-state index is 5.36. The molecule has 3 nitrogen and oxygen atoms in total. The van der Waals surface area contributed by atoms with E-state index in [2.05, 4.69) is 218 Å². The van der Waals surface area contributed by atoms with Gasteiger partial charge in [-0.05, 0) is 80.6 Å². The first-order valence-electron chi connectivity index (χ1n) is 21.2. The minimum Gasteiger partial charge on any atom is -0.308 e. The summed E-state index contributed by atoms with van der Waals surface area (Å²) < 4.78 is 2.61. The molecule has 10 rings (SSSR count). The molecule has 0 amide bonds. The molecule has 9 aromatic rings. The summed E-state index contributed by atoms with van der Waals surface area (Å²) in [7, 11) is 0. The number of aromatic nitrogens is 3. The van der Waals surface area contributed by atoms with E-state index in [0.29, 0.717) is 5.82 Å². The third kappa shape index (κ3) is 6.27. The van der Waals surface area contributed by atoms with E-state index in [1.54, 1.807) is 0 Å². The second-order valence-electron chi connectivity index (χ2n) is 19.2. The van der Waals surface area contributed by atoms with Crippen molar-refractivity contribution in [3.8, 4) is 61.8 Å². The quantitative estimate of drug-likeness (QED) is 0.178. The molecule has 294 valence electrons. The molecule has 3 heteroatoms. The molecule has 3 heterocycles. The summed E-state index contributed by atoms with van der Waals surface area (Å²) in [6.07, 6.45) is 0. The van der Waals surface area contributed by atoms with Crippen LogP contribution in [0.5, 0.6) is 0 Å². The van der Waals surface area contributed by atoms with Gasteiger partial charge >= 0.3 is 0 Å². The third-order valence-electron chi connectivity index (χ3n) is 12.7. The molecule has 1 aliphatic rings. The lowest BCUT2D eigenvalue weighted by Gasteiger charge is -2.30. The number of nitrogens with zero attached hydrogens (tertiary/aromatic N) is 3. The van der Waals surface area contributed by atoms with Crippen molar-refractivity contribution in [2.45, 2.75) is 71.6 Å². The first kappa shape index (κ1) is 37.7. The number of hydrogen-bond acceptors (Lipinski definition) is 2. The van der Waals surface area contributed by atoms with Crippen molar-refractivity contribution in [2.24, 2.45) is 0 Å². The molecule has 0 saturated carbocycles. The minimum atomic E-state index is -0.311. The van der Waals surface area contributed by atoms with Gasteiger partial charge in [-0.1, -0.05) is 183 Å². The monoisotopic (exact) mass is 777 g/mol. The fourth-order valence-electron chi connectivity index (χ4n) is 9.14. The largest absolute Gasteiger partial charge is 0.308 e. The Morgan fingerprint density at radius 3 is 1.63 bits per heavy atom. The second kappa shape index (κ2) is 13.7. The van der Waals surface area contributed by atoms with E-state index in [9.17, 15) is 0 Å². The third-order valence-corrected chi connectivity index (χ3v) is 12.7. The van der Waals surface area contributed by atoms with Crippen molar-refractivity contribution < 1.29 is 0 Å². The van der Waals surface area contributed by atoms with Gasteiger partial charge in [0.2, 0.25) is 0 Å². The highest BCUT2D eigenvalue weighted by molar-refractivity contribution is 6.13. The van der Waals surface area contributed by atoms with Crippen molar-refractivity contribution in [3.63, 3.8) is 0 Å². The van der Waals surface area contributed by atoms with Crippen LogP contribution in [0.1, 0.15) is 77.6 Å². The fourth-order valence-corrected chi connectivity index (χ4v) is 9.14. The van der Waals surface area contributed by atoms with Crippen molar-refractivity contribution in [3.05, 3.63) is 186 Å². The Balaban J connectivity index is 1.39. The Labute approximate surface area is 354 Å². The van der Waals surface area contributed by atoms with Crippen LogP contribution in [0.15, 0.2) is 164 Å². The van der Waals surface area contributed by atoms with Gasteiger partial charge in [-0.15, -0.1) is 0 Å². The highest BCUT2D eigenvalue weighted by Crippen LogP contribution is 2.50. The van der Waals surface area contributed by atoms with Crippen molar-refractivity contribution in [1.29, 1.82) is 0 Å². The maximum Gasteiger partial charge on any atom is 0.160 e. The van der Waals surface area contributed by atoms with Crippen LogP contribution < -0.4 is 0 Å². The summed E-state index contributed by atoms with van der Waals surface area (Å²) >= 11 is 0. The van der Waals surface area contributed by atoms with Crippen LogP contribution >= 0.6 is 0 Å². The molecule has 7 aromatic carbocycles. The van der Waals surface area contributed by atoms with E-state index in [0.717, 1.165) is 44.8 Å². The summed E-state index contributed by atoms with van der Waals surface area (Å²) in [6.45, 7) is 18.8. The minimum absolute atomic E-state index is 0.00795. The fraction of sp³-hybridized carbons (Fsp3) is 0.193. The van der Waals surface area contributed by atoms with E-state index < -0.39 is 0 Å². The van der Waals surface area contributed by atoms with Gasteiger partial charge in [0.15, 0.2) is 5.82 Å². The van der Waals surface area contributed by atoms with Crippen LogP contribution in [-0.4, -0.2) is 14.5 Å². The van der Waals surface area contributed by atoms with E-state index >= 15 is 0 Å². The average molecular weight is 778 g/mol. The normalized spacial score (nSPS) is 13.5. The van der Waals surface area contributed by atoms with Crippen LogP contribution in [0.4, 0.5) is 0 Å². The van der Waals surface area contributed by atoms with E-state index in [1.807, 2.05) is 6.07 Å². The van der Waals surface area contributed by atoms with Gasteiger partial charge in [-0.3, -0.25) is 0 Å². The van der Waals surface area contributed by atoms with E-state index in [4.69, 9.17) is 9.97 Å². The topological polar surface area (TPSA) is 30.7 Å². The van der Waals surface area contributed by atoms with Gasteiger partial charge in [0.05, 0.1) is 28.1 Å². The predicted octanol–water partition coefficient (Wildman–Crippen LogP) is 15.1. The molecular weight excluding hydrogens is 727 g/mol. The van der Waals surface area contributed by atoms with Crippen LogP contribution in [0, 0.1) is 0 Å². The first-order chi connectivity index (χ1) is 28.8. The molecule has 2 bridgehead atoms. The van der Waals surface area contributed by atoms with Gasteiger partial charge in [0.25, 0.3) is 0 Å². The van der Waals surface area contributed by atoms with Crippen LogP contribution in [0.2, 0.25) is 0 Å². The lowest BCUT2D eigenvalue weighted by molar-refractivity contribution is 0.584. The molecule has 0 spiro atoms. The Kier molecular flexibility index (Phi) is 8.63. The predicted molar refractivity (Wildman–Crippen MR) is 253 cm³/mol. The van der Waals surface area contributed by atoms with Gasteiger partial charge < -0.3 is 4.57 Å². The molecule has 0 saturated heterocycles. The summed E-state index contributed by atoms with van der Waals surface area (Å²) in [5, 5.41) is 2.58. The molecule has 0 unspecified atom stereocenters. The lowest BCUT2D eigenvalue weighted by atomic mass is 9.74. The Bertz CT molecular complexity index is 3040. The molecule has 0 radical (unpaired) electrons. The zero-order valence-electron chi connectivity index (χ0n) is 35.9. The van der Waals surface area contributed by atoms with Gasteiger partial charge in [0.1, 0.15) is 0 Å². The molecule has 2 aromatic heterocycles. The summed E-state index contributed by atoms with van der Waals surface area (Å²) in [5.41, 5.74) is 18.1. The zero-order chi connectivity index (χ0) is 41.6. The van der Waals surface area contributed by atoms with Gasteiger partial charge in [-0.25, -0.2) is 9.97 Å². The Hall–Kier alpha value is -6.58. The first-order valence-corrected chi connectivity index (χ1v) is 21.2. The maximum atomic E-state index is 5.36. The molecule has 0 aliphatic carbocycles. The zero-order valence-corrected chi connectivity index (χ0v) is 35.9. The van der Waals surface area contributed by atoms with Crippen molar-refractivity contribution >= 4 is 21.8 Å². The van der Waals surface area contributed by atoms with Gasteiger partial charge in [-0.2, -0.15) is 0 Å². The average Bonchev–Trinajstić information content (AvgIpc) is 3.59. The smallest absolute Gasteiger partial charge is 0.160 e. The number of fused-ring (bicyclic) bond motifs is 8. The van der Waals surface area contributed by atoms with E-state index in [1.165, 1.54) is 55.3 Å². The van der Waals surface area contributed by atoms with E-state index in [-0.39, 0.29) is 16.2 Å². The molecule has 0 atom stereocenters. The Morgan fingerprint density at radius 1 is 0.450 bits per heavy atom. The standard InChI is InChI=1S/C57H51N3/c1-55(2,3)41-27-28-51-46(32-41)47-33-43(56(4,5)6)34-48-53(47)60(51)52-44(36-19-12-9-13-20-36)30-40(31-45(52)39-25-18-26-42(29-39)57(48,7)8)50-35-49(37-21-14-10-15-22-37)58-54(59-50)38-23-16-11-17-24-38/h9-35H,1-8H3. The SMILES string of the molecule is CC(C)(C)c1ccc2c(c1)c1cc(C(C)(C)C)cc3c1n2-c1c(-c2ccccc2)cc(-c2cc(-c4ccccc4)nc(-c4ccccc4)n2)cc1-c1cccc(c1)C3(C)C. The highest BCUT2D eigenvalue weighted by atomic mass is 15.0. The van der Waals surface area contributed by atoms with Crippen molar-refractivity contribution in [1.82, 2.24) is 14.5 Å². The number of rotatable bonds is 4. The summed E-state index contributed by atoms with van der Waals surface area (Å²) in [6, 6.07) is 60.1. The lowest BCUT2D eigenvalue weighted by Crippen LogP contribution is -2.22. The number of hydrogen-bond donors (Lipinski definition) is 0. The highest BCUT2D eigenvalue weighted by Gasteiger charge is 2.34. The second-order valence-corrected chi connectivity index (χ2v) is 19.2. The number of benzene rings is 7. The molecular formula is C57H51N3. The summed E-state index contributed by atoms with van der Waals surface area (Å²) in [5.74, 6) is 0.705. The molecule has 0 fully saturated rings. The van der Waals surface area contributed by atoms with Crippen molar-refractivity contribution in [2.75, 3.05) is 0 Å². The molecule has 0 N–H and O–H groups in total. The molecule has 60 heavy (non-hydrogen) atoms. The van der Waals surface area contributed by atoms with Crippen LogP contribution in [0.25, 0.3) is 83.6 Å². The van der Waals surface area contributed by atoms with Gasteiger partial charge in [0, 0.05) is 44.0 Å². The van der Waals surface area contributed by atoms with Crippen LogP contribution in [0.3, 0.4) is 0 Å².